The molecule has 0 saturated carbocycles. The van der Waals surface area contributed by atoms with E-state index in [1.165, 1.54) is 5.56 Å². The molecule has 0 spiro atoms. The molecule has 0 heterocycles. The van der Waals surface area contributed by atoms with E-state index in [1.807, 2.05) is 36.4 Å². The molecule has 22 heavy (non-hydrogen) atoms. The number of guanidine groups is 1. The second kappa shape index (κ2) is 7.50. The van der Waals surface area contributed by atoms with Crippen molar-refractivity contribution in [2.75, 3.05) is 12.4 Å². The quantitative estimate of drug-likeness (QED) is 0.653. The molecule has 2 rings (SSSR count). The molecule has 0 fully saturated rings. The number of hydrogen-bond donors (Lipinski definition) is 2. The number of rotatable bonds is 5. The summed E-state index contributed by atoms with van der Waals surface area (Å²) in [6.07, 6.45) is 0. The van der Waals surface area contributed by atoms with Crippen LogP contribution in [0.5, 0.6) is 5.75 Å². The molecule has 0 bridgehead atoms. The maximum absolute atomic E-state index is 5.95. The van der Waals surface area contributed by atoms with Crippen LogP contribution in [0, 0.1) is 0 Å². The lowest BCUT2D eigenvalue weighted by atomic mass is 10.0. The summed E-state index contributed by atoms with van der Waals surface area (Å²) in [5.74, 6) is 1.74. The van der Waals surface area contributed by atoms with Gasteiger partial charge >= 0.3 is 0 Å². The molecular formula is C18H23N3O. The van der Waals surface area contributed by atoms with E-state index in [0.29, 0.717) is 18.4 Å². The lowest BCUT2D eigenvalue weighted by Gasteiger charge is -2.10. The van der Waals surface area contributed by atoms with Gasteiger partial charge in [-0.2, -0.15) is 0 Å². The zero-order chi connectivity index (χ0) is 15.9. The van der Waals surface area contributed by atoms with Crippen LogP contribution in [0.2, 0.25) is 0 Å². The Labute approximate surface area is 132 Å². The number of nitrogens with one attached hydrogen (secondary N) is 1. The van der Waals surface area contributed by atoms with E-state index in [4.69, 9.17) is 10.5 Å². The Morgan fingerprint density at radius 1 is 1.18 bits per heavy atom. The molecule has 0 saturated heterocycles. The maximum Gasteiger partial charge on any atom is 0.193 e. The van der Waals surface area contributed by atoms with Crippen molar-refractivity contribution in [1.82, 2.24) is 0 Å². The van der Waals surface area contributed by atoms with E-state index >= 15 is 0 Å². The Morgan fingerprint density at radius 2 is 1.91 bits per heavy atom. The third kappa shape index (κ3) is 4.52. The van der Waals surface area contributed by atoms with Crippen LogP contribution >= 0.6 is 0 Å². The van der Waals surface area contributed by atoms with Crippen LogP contribution in [-0.2, 0) is 6.54 Å². The van der Waals surface area contributed by atoms with Gasteiger partial charge in [-0.1, -0.05) is 38.1 Å². The van der Waals surface area contributed by atoms with Crippen molar-refractivity contribution in [3.63, 3.8) is 0 Å². The second-order valence-corrected chi connectivity index (χ2v) is 5.45. The number of anilines is 1. The molecule has 0 aliphatic carbocycles. The number of aliphatic imine (C=N–C) groups is 1. The Morgan fingerprint density at radius 3 is 2.55 bits per heavy atom. The Hall–Kier alpha value is -2.49. The van der Waals surface area contributed by atoms with Gasteiger partial charge in [0.15, 0.2) is 5.96 Å². The molecule has 0 radical (unpaired) electrons. The molecule has 0 aromatic heterocycles. The first-order valence-electron chi connectivity index (χ1n) is 7.38. The zero-order valence-electron chi connectivity index (χ0n) is 13.3. The number of nitrogens with zero attached hydrogens (tertiary/aromatic N) is 1. The first-order valence-corrected chi connectivity index (χ1v) is 7.38. The fourth-order valence-corrected chi connectivity index (χ4v) is 2.07. The highest BCUT2D eigenvalue weighted by Crippen LogP contribution is 2.18. The fraction of sp³-hybridized carbons (Fsp3) is 0.278. The highest BCUT2D eigenvalue weighted by atomic mass is 16.5. The average Bonchev–Trinajstić information content (AvgIpc) is 2.53. The second-order valence-electron chi connectivity index (χ2n) is 5.45. The van der Waals surface area contributed by atoms with Gasteiger partial charge in [-0.05, 0) is 41.3 Å². The smallest absolute Gasteiger partial charge is 0.193 e. The van der Waals surface area contributed by atoms with E-state index < -0.39 is 0 Å². The highest BCUT2D eigenvalue weighted by Gasteiger charge is 2.01. The van der Waals surface area contributed by atoms with Crippen molar-refractivity contribution in [3.8, 4) is 5.75 Å². The SMILES string of the molecule is COc1ccc(CN=C(N)Nc2cccc(C(C)C)c2)cc1. The molecule has 0 atom stereocenters. The van der Waals surface area contributed by atoms with Crippen LogP contribution in [-0.4, -0.2) is 13.1 Å². The average molecular weight is 297 g/mol. The van der Waals surface area contributed by atoms with E-state index in [1.54, 1.807) is 7.11 Å². The molecule has 0 aliphatic rings. The van der Waals surface area contributed by atoms with Gasteiger partial charge in [-0.15, -0.1) is 0 Å². The van der Waals surface area contributed by atoms with Gasteiger partial charge in [0.25, 0.3) is 0 Å². The molecule has 0 aliphatic heterocycles. The lowest BCUT2D eigenvalue weighted by Crippen LogP contribution is -2.22. The van der Waals surface area contributed by atoms with Gasteiger partial charge in [0.1, 0.15) is 5.75 Å². The van der Waals surface area contributed by atoms with E-state index in [0.717, 1.165) is 17.0 Å². The van der Waals surface area contributed by atoms with Gasteiger partial charge in [-0.25, -0.2) is 4.99 Å². The van der Waals surface area contributed by atoms with Gasteiger partial charge in [0, 0.05) is 5.69 Å². The first kappa shape index (κ1) is 15.9. The topological polar surface area (TPSA) is 59.6 Å². The van der Waals surface area contributed by atoms with Crippen LogP contribution in [0.4, 0.5) is 5.69 Å². The van der Waals surface area contributed by atoms with Crippen LogP contribution < -0.4 is 15.8 Å². The molecule has 2 aromatic carbocycles. The van der Waals surface area contributed by atoms with Crippen LogP contribution in [0.15, 0.2) is 53.5 Å². The molecule has 3 N–H and O–H groups in total. The number of benzene rings is 2. The summed E-state index contributed by atoms with van der Waals surface area (Å²) in [5.41, 5.74) is 9.27. The third-order valence-electron chi connectivity index (χ3n) is 3.42. The minimum absolute atomic E-state index is 0.414. The lowest BCUT2D eigenvalue weighted by molar-refractivity contribution is 0.414. The molecule has 4 nitrogen and oxygen atoms in total. The Balaban J connectivity index is 1.98. The molecule has 0 amide bonds. The minimum atomic E-state index is 0.414. The highest BCUT2D eigenvalue weighted by molar-refractivity contribution is 5.92. The van der Waals surface area contributed by atoms with Gasteiger partial charge in [-0.3, -0.25) is 0 Å². The summed E-state index contributed by atoms with van der Waals surface area (Å²) in [5, 5.41) is 3.13. The minimum Gasteiger partial charge on any atom is -0.497 e. The van der Waals surface area contributed by atoms with Crippen LogP contribution in [0.1, 0.15) is 30.9 Å². The summed E-state index contributed by atoms with van der Waals surface area (Å²) in [6.45, 7) is 4.87. The van der Waals surface area contributed by atoms with Crippen molar-refractivity contribution >= 4 is 11.6 Å². The number of methoxy groups -OCH3 is 1. The summed E-state index contributed by atoms with van der Waals surface area (Å²) in [7, 11) is 1.65. The van der Waals surface area contributed by atoms with Crippen LogP contribution in [0.25, 0.3) is 0 Å². The predicted molar refractivity (Wildman–Crippen MR) is 92.5 cm³/mol. The van der Waals surface area contributed by atoms with E-state index in [9.17, 15) is 0 Å². The molecule has 116 valence electrons. The van der Waals surface area contributed by atoms with Gasteiger partial charge in [0.2, 0.25) is 0 Å². The standard InChI is InChI=1S/C18H23N3O/c1-13(2)15-5-4-6-16(11-15)21-18(19)20-12-14-7-9-17(22-3)10-8-14/h4-11,13H,12H2,1-3H3,(H3,19,20,21). The number of ether oxygens (including phenoxy) is 1. The van der Waals surface area contributed by atoms with Crippen molar-refractivity contribution in [2.45, 2.75) is 26.3 Å². The Bertz CT molecular complexity index is 633. The largest absolute Gasteiger partial charge is 0.497 e. The predicted octanol–water partition coefficient (Wildman–Crippen LogP) is 3.75. The summed E-state index contributed by atoms with van der Waals surface area (Å²) in [4.78, 5) is 4.36. The van der Waals surface area contributed by atoms with E-state index in [-0.39, 0.29) is 0 Å². The number of hydrogen-bond acceptors (Lipinski definition) is 2. The Kier molecular flexibility index (Phi) is 5.42. The fourth-order valence-electron chi connectivity index (χ4n) is 2.07. The van der Waals surface area contributed by atoms with E-state index in [2.05, 4.69) is 36.3 Å². The monoisotopic (exact) mass is 297 g/mol. The zero-order valence-corrected chi connectivity index (χ0v) is 13.3. The van der Waals surface area contributed by atoms with Crippen molar-refractivity contribution in [3.05, 3.63) is 59.7 Å². The summed E-state index contributed by atoms with van der Waals surface area (Å²) < 4.78 is 5.13. The first-order chi connectivity index (χ1) is 10.6. The van der Waals surface area contributed by atoms with Crippen molar-refractivity contribution in [1.29, 1.82) is 0 Å². The van der Waals surface area contributed by atoms with Crippen molar-refractivity contribution < 1.29 is 4.74 Å². The maximum atomic E-state index is 5.95. The molecular weight excluding hydrogens is 274 g/mol. The van der Waals surface area contributed by atoms with Gasteiger partial charge in [0.05, 0.1) is 13.7 Å². The number of nitrogens with two attached hydrogens (primary N) is 1. The third-order valence-corrected chi connectivity index (χ3v) is 3.42. The van der Waals surface area contributed by atoms with Crippen molar-refractivity contribution in [2.24, 2.45) is 10.7 Å². The van der Waals surface area contributed by atoms with Gasteiger partial charge < -0.3 is 15.8 Å². The molecule has 4 heteroatoms. The molecule has 0 unspecified atom stereocenters. The van der Waals surface area contributed by atoms with Crippen LogP contribution in [0.3, 0.4) is 0 Å². The summed E-state index contributed by atoms with van der Waals surface area (Å²) >= 11 is 0. The normalized spacial score (nSPS) is 11.5. The summed E-state index contributed by atoms with van der Waals surface area (Å²) in [6, 6.07) is 16.0. The molecule has 2 aromatic rings.